The molecule has 0 spiro atoms. The first-order valence-corrected chi connectivity index (χ1v) is 7.23. The molecule has 2 rings (SSSR count). The number of rotatable bonds is 5. The van der Waals surface area contributed by atoms with Crippen molar-refractivity contribution in [2.45, 2.75) is 32.2 Å². The van der Waals surface area contributed by atoms with Gasteiger partial charge in [0, 0.05) is 18.5 Å². The number of carboxylic acid groups (broad SMARTS) is 1. The van der Waals surface area contributed by atoms with Crippen LogP contribution in [0.15, 0.2) is 24.3 Å². The number of carboxylic acids is 1. The average Bonchev–Trinajstić information content (AvgIpc) is 2.86. The third-order valence-electron chi connectivity index (χ3n) is 4.40. The quantitative estimate of drug-likeness (QED) is 0.898. The van der Waals surface area contributed by atoms with Gasteiger partial charge in [-0.15, -0.1) is 0 Å². The monoisotopic (exact) mass is 277 g/mol. The van der Waals surface area contributed by atoms with Crippen molar-refractivity contribution in [1.82, 2.24) is 4.90 Å². The lowest BCUT2D eigenvalue weighted by Gasteiger charge is -2.24. The summed E-state index contributed by atoms with van der Waals surface area (Å²) in [4.78, 5) is 14.0. The fourth-order valence-corrected chi connectivity index (χ4v) is 3.37. The highest BCUT2D eigenvalue weighted by Crippen LogP contribution is 2.39. The summed E-state index contributed by atoms with van der Waals surface area (Å²) in [6.45, 7) is 5.88. The van der Waals surface area contributed by atoms with Crippen LogP contribution in [-0.4, -0.2) is 42.2 Å². The Morgan fingerprint density at radius 2 is 2.00 bits per heavy atom. The predicted octanol–water partition coefficient (Wildman–Crippen LogP) is 2.59. The molecule has 0 unspecified atom stereocenters. The van der Waals surface area contributed by atoms with Gasteiger partial charge in [0.1, 0.15) is 5.75 Å². The maximum atomic E-state index is 11.7. The average molecular weight is 277 g/mol. The topological polar surface area (TPSA) is 49.8 Å². The molecule has 0 aliphatic carbocycles. The Hall–Kier alpha value is -1.55. The lowest BCUT2D eigenvalue weighted by atomic mass is 9.84. The highest BCUT2D eigenvalue weighted by atomic mass is 16.5. The molecular formula is C16H23NO3. The van der Waals surface area contributed by atoms with E-state index in [-0.39, 0.29) is 17.9 Å². The Labute approximate surface area is 120 Å². The summed E-state index contributed by atoms with van der Waals surface area (Å²) in [5, 5.41) is 9.61. The minimum Gasteiger partial charge on any atom is -0.497 e. The molecule has 1 N–H and O–H groups in total. The molecule has 0 saturated carbocycles. The molecule has 0 radical (unpaired) electrons. The summed E-state index contributed by atoms with van der Waals surface area (Å²) in [5.74, 6) is -0.150. The first-order chi connectivity index (χ1) is 9.62. The zero-order valence-corrected chi connectivity index (χ0v) is 12.4. The van der Waals surface area contributed by atoms with Crippen molar-refractivity contribution < 1.29 is 14.6 Å². The van der Waals surface area contributed by atoms with Crippen molar-refractivity contribution in [2.24, 2.45) is 5.92 Å². The van der Waals surface area contributed by atoms with E-state index in [1.54, 1.807) is 7.11 Å². The number of nitrogens with zero attached hydrogens (tertiary/aromatic N) is 1. The van der Waals surface area contributed by atoms with E-state index in [2.05, 4.69) is 18.7 Å². The number of methoxy groups -OCH3 is 1. The van der Waals surface area contributed by atoms with E-state index in [0.29, 0.717) is 0 Å². The number of carbonyl (C=O) groups is 1. The van der Waals surface area contributed by atoms with E-state index in [9.17, 15) is 9.90 Å². The lowest BCUT2D eigenvalue weighted by Crippen LogP contribution is -2.35. The summed E-state index contributed by atoms with van der Waals surface area (Å²) in [5.41, 5.74) is 1.09. The van der Waals surface area contributed by atoms with E-state index in [4.69, 9.17) is 4.74 Å². The van der Waals surface area contributed by atoms with Gasteiger partial charge in [-0.05, 0) is 30.7 Å². The van der Waals surface area contributed by atoms with Crippen LogP contribution in [0.5, 0.6) is 5.75 Å². The highest BCUT2D eigenvalue weighted by molar-refractivity contribution is 5.73. The second-order valence-electron chi connectivity index (χ2n) is 5.31. The van der Waals surface area contributed by atoms with Crippen LogP contribution in [-0.2, 0) is 4.79 Å². The molecule has 0 amide bonds. The Bertz CT molecular complexity index is 457. The summed E-state index contributed by atoms with van der Waals surface area (Å²) in [7, 11) is 1.64. The molecule has 1 aromatic carbocycles. The minimum atomic E-state index is -0.686. The van der Waals surface area contributed by atoms with Crippen LogP contribution < -0.4 is 4.74 Å². The SMILES string of the molecule is CC[C@H]1[C@H](C(=O)O)[C@@H](c2ccc(OC)cc2)CN1CC. The van der Waals surface area contributed by atoms with Crippen LogP contribution in [0.25, 0.3) is 0 Å². The van der Waals surface area contributed by atoms with Gasteiger partial charge in [0.25, 0.3) is 0 Å². The zero-order valence-electron chi connectivity index (χ0n) is 12.4. The van der Waals surface area contributed by atoms with Gasteiger partial charge in [-0.2, -0.15) is 0 Å². The molecule has 1 heterocycles. The van der Waals surface area contributed by atoms with E-state index >= 15 is 0 Å². The molecule has 20 heavy (non-hydrogen) atoms. The maximum Gasteiger partial charge on any atom is 0.308 e. The van der Waals surface area contributed by atoms with Crippen LogP contribution in [0.4, 0.5) is 0 Å². The minimum absolute atomic E-state index is 0.0586. The predicted molar refractivity (Wildman–Crippen MR) is 78.2 cm³/mol. The number of hydrogen-bond acceptors (Lipinski definition) is 3. The first-order valence-electron chi connectivity index (χ1n) is 7.23. The molecule has 4 nitrogen and oxygen atoms in total. The van der Waals surface area contributed by atoms with Gasteiger partial charge in [0.05, 0.1) is 13.0 Å². The van der Waals surface area contributed by atoms with Gasteiger partial charge < -0.3 is 9.84 Å². The largest absolute Gasteiger partial charge is 0.497 e. The van der Waals surface area contributed by atoms with Crippen molar-refractivity contribution in [3.63, 3.8) is 0 Å². The molecule has 1 aliphatic heterocycles. The summed E-state index contributed by atoms with van der Waals surface area (Å²) >= 11 is 0. The molecule has 1 aliphatic rings. The third-order valence-corrected chi connectivity index (χ3v) is 4.40. The molecule has 1 aromatic rings. The van der Waals surface area contributed by atoms with Gasteiger partial charge in [0.2, 0.25) is 0 Å². The van der Waals surface area contributed by atoms with Crippen LogP contribution in [0, 0.1) is 5.92 Å². The van der Waals surface area contributed by atoms with Crippen molar-refractivity contribution in [2.75, 3.05) is 20.2 Å². The Balaban J connectivity index is 2.30. The molecule has 110 valence electrons. The van der Waals surface area contributed by atoms with Crippen LogP contribution >= 0.6 is 0 Å². The highest BCUT2D eigenvalue weighted by Gasteiger charge is 2.44. The van der Waals surface area contributed by atoms with Crippen LogP contribution in [0.2, 0.25) is 0 Å². The number of benzene rings is 1. The molecular weight excluding hydrogens is 254 g/mol. The van der Waals surface area contributed by atoms with Crippen molar-refractivity contribution in [1.29, 1.82) is 0 Å². The van der Waals surface area contributed by atoms with Crippen molar-refractivity contribution >= 4 is 5.97 Å². The van der Waals surface area contributed by atoms with E-state index < -0.39 is 5.97 Å². The normalized spacial score (nSPS) is 26.6. The van der Waals surface area contributed by atoms with Gasteiger partial charge in [-0.3, -0.25) is 9.69 Å². The number of likely N-dealkylation sites (tertiary alicyclic amines) is 1. The first kappa shape index (κ1) is 14.9. The Kier molecular flexibility index (Phi) is 4.65. The number of ether oxygens (including phenoxy) is 1. The second kappa shape index (κ2) is 6.27. The van der Waals surface area contributed by atoms with E-state index in [1.807, 2.05) is 24.3 Å². The van der Waals surface area contributed by atoms with Gasteiger partial charge in [0.15, 0.2) is 0 Å². The fourth-order valence-electron chi connectivity index (χ4n) is 3.37. The third kappa shape index (κ3) is 2.66. The molecule has 4 heteroatoms. The van der Waals surface area contributed by atoms with E-state index in [0.717, 1.165) is 30.8 Å². The molecule has 1 fully saturated rings. The summed E-state index contributed by atoms with van der Waals surface area (Å²) in [6, 6.07) is 7.93. The molecule has 3 atom stereocenters. The maximum absolute atomic E-state index is 11.7. The van der Waals surface area contributed by atoms with Crippen LogP contribution in [0.1, 0.15) is 31.7 Å². The summed E-state index contributed by atoms with van der Waals surface area (Å²) < 4.78 is 5.16. The fraction of sp³-hybridized carbons (Fsp3) is 0.562. The smallest absolute Gasteiger partial charge is 0.308 e. The Morgan fingerprint density at radius 1 is 1.35 bits per heavy atom. The Morgan fingerprint density at radius 3 is 2.45 bits per heavy atom. The van der Waals surface area contributed by atoms with Crippen molar-refractivity contribution in [3.8, 4) is 5.75 Å². The molecule has 0 aromatic heterocycles. The second-order valence-corrected chi connectivity index (χ2v) is 5.31. The number of aliphatic carboxylic acids is 1. The van der Waals surface area contributed by atoms with Gasteiger partial charge >= 0.3 is 5.97 Å². The number of hydrogen-bond donors (Lipinski definition) is 1. The van der Waals surface area contributed by atoms with Gasteiger partial charge in [-0.25, -0.2) is 0 Å². The van der Waals surface area contributed by atoms with Crippen LogP contribution in [0.3, 0.4) is 0 Å². The van der Waals surface area contributed by atoms with E-state index in [1.165, 1.54) is 0 Å². The van der Waals surface area contributed by atoms with Gasteiger partial charge in [-0.1, -0.05) is 26.0 Å². The van der Waals surface area contributed by atoms with Crippen molar-refractivity contribution in [3.05, 3.63) is 29.8 Å². The number of likely N-dealkylation sites (N-methyl/N-ethyl adjacent to an activating group) is 1. The lowest BCUT2D eigenvalue weighted by molar-refractivity contribution is -0.143. The molecule has 0 bridgehead atoms. The standard InChI is InChI=1S/C16H23NO3/c1-4-14-15(16(18)19)13(10-17(14)5-2)11-6-8-12(20-3)9-7-11/h6-9,13-15H,4-5,10H2,1-3H3,(H,18,19)/t13-,14+,15-/m1/s1. The zero-order chi connectivity index (χ0) is 14.7. The molecule has 1 saturated heterocycles. The summed E-state index contributed by atoms with van der Waals surface area (Å²) in [6.07, 6.45) is 0.872.